The van der Waals surface area contributed by atoms with Crippen molar-refractivity contribution in [2.24, 2.45) is 0 Å². The molecule has 3 aromatic heterocycles. The molecule has 7 heteroatoms. The standard InChI is InChI=1S/C27H31ClN4S2/c1-4-32(5-2)16-6-8-19(3)29-27-22-13-10-20(28)18-23(22)30-26(31-27)15-12-21-11-14-25(34-21)24-9-7-17-33-24/h7,9-15,17-19H,4-6,8,16H2,1-3H3,(H,29,30,31). The monoisotopic (exact) mass is 510 g/mol. The Kier molecular flexibility index (Phi) is 8.73. The Morgan fingerprint density at radius 1 is 1.06 bits per heavy atom. The Labute approximate surface area is 215 Å². The molecule has 0 radical (unpaired) electrons. The molecule has 1 atom stereocenters. The van der Waals surface area contributed by atoms with Crippen molar-refractivity contribution >= 4 is 63.1 Å². The third kappa shape index (κ3) is 6.45. The second-order valence-electron chi connectivity index (χ2n) is 8.32. The summed E-state index contributed by atoms with van der Waals surface area (Å²) in [7, 11) is 0. The maximum absolute atomic E-state index is 6.28. The minimum atomic E-state index is 0.312. The third-order valence-corrected chi connectivity index (χ3v) is 8.20. The Balaban J connectivity index is 1.52. The van der Waals surface area contributed by atoms with Gasteiger partial charge >= 0.3 is 0 Å². The van der Waals surface area contributed by atoms with Crippen LogP contribution in [0.4, 0.5) is 5.82 Å². The van der Waals surface area contributed by atoms with E-state index < -0.39 is 0 Å². The van der Waals surface area contributed by atoms with Gasteiger partial charge in [0.25, 0.3) is 0 Å². The van der Waals surface area contributed by atoms with Crippen molar-refractivity contribution in [1.29, 1.82) is 0 Å². The molecule has 0 aliphatic rings. The Bertz CT molecular complexity index is 1230. The van der Waals surface area contributed by atoms with Crippen molar-refractivity contribution in [2.75, 3.05) is 25.0 Å². The molecule has 0 bridgehead atoms. The second kappa shape index (κ2) is 11.9. The molecule has 0 aliphatic carbocycles. The van der Waals surface area contributed by atoms with Crippen molar-refractivity contribution in [3.8, 4) is 9.75 Å². The Morgan fingerprint density at radius 2 is 1.91 bits per heavy atom. The van der Waals surface area contributed by atoms with Crippen molar-refractivity contribution in [3.63, 3.8) is 0 Å². The van der Waals surface area contributed by atoms with Gasteiger partial charge in [-0.2, -0.15) is 0 Å². The predicted octanol–water partition coefficient (Wildman–Crippen LogP) is 8.17. The number of benzene rings is 1. The lowest BCUT2D eigenvalue weighted by molar-refractivity contribution is 0.295. The van der Waals surface area contributed by atoms with Crippen molar-refractivity contribution < 1.29 is 0 Å². The van der Waals surface area contributed by atoms with Gasteiger partial charge in [0, 0.05) is 31.1 Å². The highest BCUT2D eigenvalue weighted by Crippen LogP contribution is 2.32. The van der Waals surface area contributed by atoms with Crippen LogP contribution in [0.1, 0.15) is 44.3 Å². The van der Waals surface area contributed by atoms with Gasteiger partial charge in [0.1, 0.15) is 5.82 Å². The maximum Gasteiger partial charge on any atom is 0.155 e. The van der Waals surface area contributed by atoms with Gasteiger partial charge in [-0.15, -0.1) is 22.7 Å². The van der Waals surface area contributed by atoms with E-state index in [2.05, 4.69) is 66.7 Å². The molecule has 3 heterocycles. The van der Waals surface area contributed by atoms with E-state index in [0.29, 0.717) is 16.9 Å². The van der Waals surface area contributed by atoms with Crippen molar-refractivity contribution in [2.45, 2.75) is 39.7 Å². The second-order valence-corrected chi connectivity index (χ2v) is 10.8. The molecule has 4 aromatic rings. The van der Waals surface area contributed by atoms with E-state index in [1.807, 2.05) is 24.3 Å². The fourth-order valence-corrected chi connectivity index (χ4v) is 5.83. The first-order chi connectivity index (χ1) is 16.6. The molecular formula is C27H31ClN4S2. The number of hydrogen-bond acceptors (Lipinski definition) is 6. The summed E-state index contributed by atoms with van der Waals surface area (Å²) in [6, 6.07) is 14.7. The average molecular weight is 511 g/mol. The van der Waals surface area contributed by atoms with Crippen LogP contribution in [0.5, 0.6) is 0 Å². The number of hydrogen-bond donors (Lipinski definition) is 1. The average Bonchev–Trinajstić information content (AvgIpc) is 3.52. The van der Waals surface area contributed by atoms with Gasteiger partial charge in [-0.3, -0.25) is 0 Å². The third-order valence-electron chi connectivity index (χ3n) is 5.85. The highest BCUT2D eigenvalue weighted by molar-refractivity contribution is 7.21. The topological polar surface area (TPSA) is 41.0 Å². The van der Waals surface area contributed by atoms with Crippen LogP contribution in [0.25, 0.3) is 32.8 Å². The van der Waals surface area contributed by atoms with E-state index in [4.69, 9.17) is 21.6 Å². The van der Waals surface area contributed by atoms with E-state index in [9.17, 15) is 0 Å². The minimum Gasteiger partial charge on any atom is -0.367 e. The van der Waals surface area contributed by atoms with Gasteiger partial charge in [0.2, 0.25) is 0 Å². The fraction of sp³-hybridized carbons (Fsp3) is 0.333. The highest BCUT2D eigenvalue weighted by atomic mass is 35.5. The van der Waals surface area contributed by atoms with Crippen LogP contribution in [-0.4, -0.2) is 40.5 Å². The molecule has 4 nitrogen and oxygen atoms in total. The lowest BCUT2D eigenvalue weighted by Gasteiger charge is -2.20. The van der Waals surface area contributed by atoms with E-state index in [1.54, 1.807) is 22.7 Å². The number of anilines is 1. The summed E-state index contributed by atoms with van der Waals surface area (Å²) < 4.78 is 0. The lowest BCUT2D eigenvalue weighted by Crippen LogP contribution is -2.25. The quantitative estimate of drug-likeness (QED) is 0.221. The van der Waals surface area contributed by atoms with E-state index in [-0.39, 0.29) is 0 Å². The molecule has 1 aromatic carbocycles. The number of nitrogens with one attached hydrogen (secondary N) is 1. The molecule has 0 fully saturated rings. The summed E-state index contributed by atoms with van der Waals surface area (Å²) >= 11 is 9.81. The van der Waals surface area contributed by atoms with Crippen LogP contribution in [-0.2, 0) is 0 Å². The Hall–Kier alpha value is -2.25. The Morgan fingerprint density at radius 3 is 2.68 bits per heavy atom. The molecule has 1 unspecified atom stereocenters. The number of thiophene rings is 2. The molecule has 0 saturated heterocycles. The van der Waals surface area contributed by atoms with Crippen LogP contribution < -0.4 is 5.32 Å². The predicted molar refractivity (Wildman–Crippen MR) is 151 cm³/mol. The summed E-state index contributed by atoms with van der Waals surface area (Å²) in [6.07, 6.45) is 6.31. The first kappa shape index (κ1) is 24.9. The highest BCUT2D eigenvalue weighted by Gasteiger charge is 2.11. The fourth-order valence-electron chi connectivity index (χ4n) is 3.92. The smallest absolute Gasteiger partial charge is 0.155 e. The molecule has 4 rings (SSSR count). The zero-order chi connectivity index (χ0) is 23.9. The minimum absolute atomic E-state index is 0.312. The van der Waals surface area contributed by atoms with Gasteiger partial charge < -0.3 is 10.2 Å². The zero-order valence-corrected chi connectivity index (χ0v) is 22.3. The van der Waals surface area contributed by atoms with Crippen LogP contribution >= 0.6 is 34.3 Å². The van der Waals surface area contributed by atoms with E-state index in [1.165, 1.54) is 14.6 Å². The van der Waals surface area contributed by atoms with Crippen LogP contribution in [0, 0.1) is 0 Å². The first-order valence-electron chi connectivity index (χ1n) is 11.8. The van der Waals surface area contributed by atoms with Gasteiger partial charge in [-0.05, 0) is 93.3 Å². The van der Waals surface area contributed by atoms with Crippen molar-refractivity contribution in [3.05, 3.63) is 63.6 Å². The van der Waals surface area contributed by atoms with Gasteiger partial charge in [0.15, 0.2) is 5.82 Å². The molecule has 178 valence electrons. The van der Waals surface area contributed by atoms with E-state index in [0.717, 1.165) is 49.2 Å². The normalized spacial score (nSPS) is 12.7. The number of fused-ring (bicyclic) bond motifs is 1. The van der Waals surface area contributed by atoms with Crippen LogP contribution in [0.15, 0.2) is 47.8 Å². The first-order valence-corrected chi connectivity index (χ1v) is 13.9. The van der Waals surface area contributed by atoms with Gasteiger partial charge in [-0.1, -0.05) is 31.5 Å². The summed E-state index contributed by atoms with van der Waals surface area (Å²) in [6.45, 7) is 9.99. The molecule has 0 saturated carbocycles. The van der Waals surface area contributed by atoms with Gasteiger partial charge in [0.05, 0.1) is 5.52 Å². The molecule has 0 amide bonds. The van der Waals surface area contributed by atoms with Crippen LogP contribution in [0.3, 0.4) is 0 Å². The van der Waals surface area contributed by atoms with Crippen molar-refractivity contribution in [1.82, 2.24) is 14.9 Å². The molecule has 1 N–H and O–H groups in total. The zero-order valence-electron chi connectivity index (χ0n) is 19.9. The SMILES string of the molecule is CCN(CC)CCCC(C)Nc1nc(C=Cc2ccc(-c3cccs3)s2)nc2cc(Cl)ccc12. The van der Waals surface area contributed by atoms with E-state index >= 15 is 0 Å². The van der Waals surface area contributed by atoms with Crippen LogP contribution in [0.2, 0.25) is 5.02 Å². The molecule has 34 heavy (non-hydrogen) atoms. The number of aromatic nitrogens is 2. The number of rotatable bonds is 11. The molecule has 0 spiro atoms. The summed E-state index contributed by atoms with van der Waals surface area (Å²) in [5, 5.41) is 7.41. The summed E-state index contributed by atoms with van der Waals surface area (Å²) in [5.74, 6) is 1.54. The molecule has 0 aliphatic heterocycles. The molecular weight excluding hydrogens is 480 g/mol. The number of nitrogens with zero attached hydrogens (tertiary/aromatic N) is 3. The van der Waals surface area contributed by atoms with Gasteiger partial charge in [-0.25, -0.2) is 9.97 Å². The maximum atomic E-state index is 6.28. The summed E-state index contributed by atoms with van der Waals surface area (Å²) in [5.41, 5.74) is 0.852. The summed E-state index contributed by atoms with van der Waals surface area (Å²) in [4.78, 5) is 15.8. The number of halogens is 1. The lowest BCUT2D eigenvalue weighted by atomic mass is 10.1. The largest absolute Gasteiger partial charge is 0.367 e.